The van der Waals surface area contributed by atoms with E-state index in [-0.39, 0.29) is 22.1 Å². The molecule has 0 aliphatic heterocycles. The number of carbonyl (C=O) groups is 1. The number of nitro groups is 1. The van der Waals surface area contributed by atoms with E-state index in [1.54, 1.807) is 7.11 Å². The first-order valence-electron chi connectivity index (χ1n) is 7.74. The molecule has 0 saturated carbocycles. The maximum absolute atomic E-state index is 12.3. The Kier molecular flexibility index (Phi) is 6.89. The summed E-state index contributed by atoms with van der Waals surface area (Å²) in [6.45, 7) is 0.436. The summed E-state index contributed by atoms with van der Waals surface area (Å²) < 4.78 is 10.1. The van der Waals surface area contributed by atoms with Gasteiger partial charge in [0, 0.05) is 18.7 Å². The lowest BCUT2D eigenvalue weighted by molar-refractivity contribution is -0.384. The largest absolute Gasteiger partial charge is 0.497 e. The zero-order chi connectivity index (χ0) is 19.8. The highest BCUT2D eigenvalue weighted by Crippen LogP contribution is 2.23. The molecular weight excluding hydrogens is 372 g/mol. The molecule has 0 heterocycles. The Labute approximate surface area is 160 Å². The molecule has 0 fully saturated rings. The normalized spacial score (nSPS) is 9.85. The number of carbonyl (C=O) groups excluding carboxylic acids is 1. The maximum Gasteiger partial charge on any atom is 0.273 e. The standard InChI is InChI=1S/C17H18N4O5S/c1-25-13-6-3-11(4-7-13)10-18-17(27)20-19-16(22)14-9-12(21(23)24)5-8-15(14)26-2/h3-9H,10H2,1-2H3,(H,19,22)(H2,18,20,27). The van der Waals surface area contributed by atoms with Gasteiger partial charge >= 0.3 is 0 Å². The van der Waals surface area contributed by atoms with Crippen molar-refractivity contribution in [2.24, 2.45) is 0 Å². The molecule has 3 N–H and O–H groups in total. The number of nitro benzene ring substituents is 1. The first kappa shape index (κ1) is 19.9. The highest BCUT2D eigenvalue weighted by atomic mass is 32.1. The van der Waals surface area contributed by atoms with Gasteiger partial charge in [-0.25, -0.2) is 0 Å². The molecule has 2 aromatic rings. The van der Waals surface area contributed by atoms with E-state index in [9.17, 15) is 14.9 Å². The highest BCUT2D eigenvalue weighted by Gasteiger charge is 2.17. The van der Waals surface area contributed by atoms with Gasteiger partial charge in [0.2, 0.25) is 0 Å². The van der Waals surface area contributed by atoms with Gasteiger partial charge in [0.15, 0.2) is 5.11 Å². The lowest BCUT2D eigenvalue weighted by atomic mass is 10.1. The Bertz CT molecular complexity index is 842. The van der Waals surface area contributed by atoms with E-state index in [0.29, 0.717) is 6.54 Å². The van der Waals surface area contributed by atoms with Crippen molar-refractivity contribution in [3.05, 3.63) is 63.7 Å². The van der Waals surface area contributed by atoms with Gasteiger partial charge in [-0.3, -0.25) is 25.8 Å². The topological polar surface area (TPSA) is 115 Å². The van der Waals surface area contributed by atoms with Crippen LogP contribution < -0.4 is 25.6 Å². The van der Waals surface area contributed by atoms with Crippen molar-refractivity contribution in [2.75, 3.05) is 14.2 Å². The average Bonchev–Trinajstić information content (AvgIpc) is 2.70. The highest BCUT2D eigenvalue weighted by molar-refractivity contribution is 7.80. The second-order valence-corrected chi connectivity index (χ2v) is 5.66. The van der Waals surface area contributed by atoms with Crippen LogP contribution in [0.3, 0.4) is 0 Å². The monoisotopic (exact) mass is 390 g/mol. The Morgan fingerprint density at radius 2 is 1.81 bits per heavy atom. The number of thiocarbonyl (C=S) groups is 1. The van der Waals surface area contributed by atoms with E-state index in [1.807, 2.05) is 24.3 Å². The molecule has 2 rings (SSSR count). The summed E-state index contributed by atoms with van der Waals surface area (Å²) >= 11 is 5.10. The number of hydrazine groups is 1. The Morgan fingerprint density at radius 1 is 1.11 bits per heavy atom. The first-order valence-corrected chi connectivity index (χ1v) is 8.15. The predicted octanol–water partition coefficient (Wildman–Crippen LogP) is 1.92. The summed E-state index contributed by atoms with van der Waals surface area (Å²) in [5, 5.41) is 14.0. The minimum atomic E-state index is -0.621. The van der Waals surface area contributed by atoms with Crippen molar-refractivity contribution in [2.45, 2.75) is 6.54 Å². The quantitative estimate of drug-likeness (QED) is 0.389. The van der Waals surface area contributed by atoms with Crippen LogP contribution in [0.5, 0.6) is 11.5 Å². The number of nitrogens with zero attached hydrogens (tertiary/aromatic N) is 1. The lowest BCUT2D eigenvalue weighted by Gasteiger charge is -2.13. The SMILES string of the molecule is COc1ccc(CNC(=S)NNC(=O)c2cc([N+](=O)[O-])ccc2OC)cc1. The summed E-state index contributed by atoms with van der Waals surface area (Å²) in [5.41, 5.74) is 5.68. The summed E-state index contributed by atoms with van der Waals surface area (Å²) in [6, 6.07) is 11.1. The molecule has 10 heteroatoms. The number of amides is 1. The van der Waals surface area contributed by atoms with E-state index in [0.717, 1.165) is 17.4 Å². The van der Waals surface area contributed by atoms with Crippen LogP contribution >= 0.6 is 12.2 Å². The van der Waals surface area contributed by atoms with E-state index in [4.69, 9.17) is 21.7 Å². The average molecular weight is 390 g/mol. The van der Waals surface area contributed by atoms with Crippen LogP contribution in [-0.2, 0) is 6.54 Å². The summed E-state index contributed by atoms with van der Waals surface area (Å²) in [4.78, 5) is 22.6. The van der Waals surface area contributed by atoms with Gasteiger partial charge in [-0.2, -0.15) is 0 Å². The van der Waals surface area contributed by atoms with Gasteiger partial charge < -0.3 is 14.8 Å². The summed E-state index contributed by atoms with van der Waals surface area (Å²) in [6.07, 6.45) is 0. The second-order valence-electron chi connectivity index (χ2n) is 5.25. The number of ether oxygens (including phenoxy) is 2. The van der Waals surface area contributed by atoms with Gasteiger partial charge in [-0.05, 0) is 36.0 Å². The number of non-ortho nitro benzene ring substituents is 1. The third-order valence-corrected chi connectivity index (χ3v) is 3.79. The number of hydrogen-bond donors (Lipinski definition) is 3. The van der Waals surface area contributed by atoms with Crippen molar-refractivity contribution >= 4 is 28.9 Å². The van der Waals surface area contributed by atoms with Gasteiger partial charge in [-0.1, -0.05) is 12.1 Å². The van der Waals surface area contributed by atoms with Crippen LogP contribution in [0.1, 0.15) is 15.9 Å². The van der Waals surface area contributed by atoms with Crippen molar-refractivity contribution in [3.63, 3.8) is 0 Å². The third-order valence-electron chi connectivity index (χ3n) is 3.54. The molecule has 0 aliphatic rings. The first-order chi connectivity index (χ1) is 12.9. The molecule has 0 spiro atoms. The number of nitrogens with one attached hydrogen (secondary N) is 3. The second kappa shape index (κ2) is 9.34. The fraction of sp³-hybridized carbons (Fsp3) is 0.176. The molecule has 27 heavy (non-hydrogen) atoms. The van der Waals surface area contributed by atoms with Crippen molar-refractivity contribution in [1.82, 2.24) is 16.2 Å². The molecule has 0 radical (unpaired) electrons. The minimum Gasteiger partial charge on any atom is -0.497 e. The van der Waals surface area contributed by atoms with Crippen LogP contribution in [0.4, 0.5) is 5.69 Å². The van der Waals surface area contributed by atoms with Crippen LogP contribution in [0.15, 0.2) is 42.5 Å². The molecule has 0 bridgehead atoms. The molecule has 0 aliphatic carbocycles. The zero-order valence-corrected chi connectivity index (χ0v) is 15.5. The fourth-order valence-corrected chi connectivity index (χ4v) is 2.26. The van der Waals surface area contributed by atoms with Crippen molar-refractivity contribution < 1.29 is 19.2 Å². The Morgan fingerprint density at radius 3 is 2.41 bits per heavy atom. The van der Waals surface area contributed by atoms with E-state index in [1.165, 1.54) is 19.2 Å². The molecular formula is C17H18N4O5S. The lowest BCUT2D eigenvalue weighted by Crippen LogP contribution is -2.46. The number of rotatable bonds is 6. The van der Waals surface area contributed by atoms with Crippen molar-refractivity contribution in [3.8, 4) is 11.5 Å². The van der Waals surface area contributed by atoms with Crippen LogP contribution in [0, 0.1) is 10.1 Å². The zero-order valence-electron chi connectivity index (χ0n) is 14.6. The molecule has 9 nitrogen and oxygen atoms in total. The molecule has 1 amide bonds. The van der Waals surface area contributed by atoms with Gasteiger partial charge in [-0.15, -0.1) is 0 Å². The molecule has 0 aromatic heterocycles. The molecule has 142 valence electrons. The third kappa shape index (κ3) is 5.54. The number of benzene rings is 2. The van der Waals surface area contributed by atoms with Crippen LogP contribution in [0.25, 0.3) is 0 Å². The smallest absolute Gasteiger partial charge is 0.273 e. The molecule has 2 aromatic carbocycles. The Hall–Kier alpha value is -3.40. The predicted molar refractivity (Wildman–Crippen MR) is 103 cm³/mol. The van der Waals surface area contributed by atoms with Crippen LogP contribution in [0.2, 0.25) is 0 Å². The maximum atomic E-state index is 12.3. The van der Waals surface area contributed by atoms with E-state index < -0.39 is 10.8 Å². The van der Waals surface area contributed by atoms with Crippen molar-refractivity contribution in [1.29, 1.82) is 0 Å². The summed E-state index contributed by atoms with van der Waals surface area (Å²) in [5.74, 6) is 0.332. The van der Waals surface area contributed by atoms with Gasteiger partial charge in [0.1, 0.15) is 11.5 Å². The molecule has 0 unspecified atom stereocenters. The van der Waals surface area contributed by atoms with E-state index in [2.05, 4.69) is 16.2 Å². The van der Waals surface area contributed by atoms with E-state index >= 15 is 0 Å². The number of methoxy groups -OCH3 is 2. The fourth-order valence-electron chi connectivity index (χ4n) is 2.14. The molecule has 0 saturated heterocycles. The Balaban J connectivity index is 1.91. The van der Waals surface area contributed by atoms with Crippen LogP contribution in [-0.4, -0.2) is 30.2 Å². The summed E-state index contributed by atoms with van der Waals surface area (Å²) in [7, 11) is 2.96. The number of hydrogen-bond acceptors (Lipinski definition) is 6. The molecule has 0 atom stereocenters. The van der Waals surface area contributed by atoms with Gasteiger partial charge in [0.05, 0.1) is 24.7 Å². The van der Waals surface area contributed by atoms with Gasteiger partial charge in [0.25, 0.3) is 11.6 Å². The minimum absolute atomic E-state index is 0.0113.